The molecule has 138 valence electrons. The third-order valence-electron chi connectivity index (χ3n) is 4.41. The number of amides is 1. The highest BCUT2D eigenvalue weighted by molar-refractivity contribution is 5.91. The molecule has 0 bridgehead atoms. The summed E-state index contributed by atoms with van der Waals surface area (Å²) in [6.07, 6.45) is 10.7. The van der Waals surface area contributed by atoms with Crippen molar-refractivity contribution in [2.24, 2.45) is 0 Å². The van der Waals surface area contributed by atoms with E-state index in [2.05, 4.69) is 20.2 Å². The van der Waals surface area contributed by atoms with E-state index in [4.69, 9.17) is 4.42 Å². The molecule has 2 aromatic rings. The molecule has 0 saturated carbocycles. The largest absolute Gasteiger partial charge is 0.468 e. The molecule has 1 fully saturated rings. The van der Waals surface area contributed by atoms with Gasteiger partial charge < -0.3 is 14.6 Å². The van der Waals surface area contributed by atoms with Crippen LogP contribution in [0.15, 0.2) is 41.3 Å². The molecule has 1 aliphatic heterocycles. The number of hydrogen-bond donors (Lipinski definition) is 1. The fraction of sp³-hybridized carbons (Fsp3) is 0.421. The molecule has 7 nitrogen and oxygen atoms in total. The number of carbonyl (C=O) groups excluding carboxylic acids is 1. The first-order valence-corrected chi connectivity index (χ1v) is 8.86. The lowest BCUT2D eigenvalue weighted by Gasteiger charge is -2.25. The van der Waals surface area contributed by atoms with Crippen LogP contribution < -0.4 is 10.2 Å². The van der Waals surface area contributed by atoms with E-state index >= 15 is 0 Å². The van der Waals surface area contributed by atoms with Crippen molar-refractivity contribution in [1.82, 2.24) is 20.2 Å². The van der Waals surface area contributed by atoms with Crippen LogP contribution >= 0.6 is 0 Å². The second-order valence-corrected chi connectivity index (χ2v) is 6.56. The minimum Gasteiger partial charge on any atom is -0.468 e. The average molecular weight is 355 g/mol. The van der Waals surface area contributed by atoms with E-state index in [1.165, 1.54) is 18.9 Å². The van der Waals surface area contributed by atoms with Gasteiger partial charge in [-0.15, -0.1) is 0 Å². The minimum atomic E-state index is -0.141. The molecule has 1 saturated heterocycles. The normalized spacial score (nSPS) is 16.1. The maximum atomic E-state index is 12.2. The van der Waals surface area contributed by atoms with Gasteiger partial charge >= 0.3 is 0 Å². The van der Waals surface area contributed by atoms with Gasteiger partial charge in [-0.25, -0.2) is 9.97 Å². The van der Waals surface area contributed by atoms with Crippen LogP contribution in [0.3, 0.4) is 0 Å². The van der Waals surface area contributed by atoms with Gasteiger partial charge in [-0.2, -0.15) is 0 Å². The highest BCUT2D eigenvalue weighted by Gasteiger charge is 2.25. The number of carbonyl (C=O) groups is 1. The van der Waals surface area contributed by atoms with Crippen molar-refractivity contribution in [3.05, 3.63) is 48.2 Å². The number of furan rings is 1. The lowest BCUT2D eigenvalue weighted by molar-refractivity contribution is -0.116. The second-order valence-electron chi connectivity index (χ2n) is 6.56. The van der Waals surface area contributed by atoms with Gasteiger partial charge in [0.1, 0.15) is 5.76 Å². The molecule has 0 spiro atoms. The lowest BCUT2D eigenvalue weighted by Crippen LogP contribution is -2.36. The molecule has 7 heteroatoms. The van der Waals surface area contributed by atoms with Gasteiger partial charge in [-0.05, 0) is 44.1 Å². The Labute approximate surface area is 153 Å². The Hall–Kier alpha value is -2.67. The van der Waals surface area contributed by atoms with Gasteiger partial charge in [0, 0.05) is 44.7 Å². The Kier molecular flexibility index (Phi) is 6.01. The zero-order valence-electron chi connectivity index (χ0n) is 15.3. The monoisotopic (exact) mass is 355 g/mol. The van der Waals surface area contributed by atoms with Crippen molar-refractivity contribution in [2.75, 3.05) is 38.6 Å². The van der Waals surface area contributed by atoms with Crippen molar-refractivity contribution in [2.45, 2.75) is 18.9 Å². The second kappa shape index (κ2) is 8.62. The molecule has 0 aliphatic carbocycles. The molecule has 2 aromatic heterocycles. The Morgan fingerprint density at radius 3 is 2.69 bits per heavy atom. The van der Waals surface area contributed by atoms with E-state index in [0.717, 1.165) is 24.4 Å². The van der Waals surface area contributed by atoms with Crippen LogP contribution in [-0.2, 0) is 4.79 Å². The number of anilines is 1. The summed E-state index contributed by atoms with van der Waals surface area (Å²) in [6.45, 7) is 2.59. The van der Waals surface area contributed by atoms with E-state index in [1.54, 1.807) is 24.7 Å². The molecule has 26 heavy (non-hydrogen) atoms. The van der Waals surface area contributed by atoms with Crippen LogP contribution in [0, 0.1) is 0 Å². The van der Waals surface area contributed by atoms with Gasteiger partial charge in [-0.3, -0.25) is 9.69 Å². The molecule has 1 N–H and O–H groups in total. The zero-order chi connectivity index (χ0) is 18.4. The first kappa shape index (κ1) is 18.1. The van der Waals surface area contributed by atoms with Crippen LogP contribution in [0.1, 0.15) is 30.2 Å². The van der Waals surface area contributed by atoms with Crippen molar-refractivity contribution < 1.29 is 9.21 Å². The number of likely N-dealkylation sites (tertiary alicyclic amines) is 1. The summed E-state index contributed by atoms with van der Waals surface area (Å²) in [4.78, 5) is 24.8. The fourth-order valence-electron chi connectivity index (χ4n) is 3.02. The standard InChI is InChI=1S/C19H25N5O2/c1-23(2)19-21-12-15(13-22-19)7-8-18(25)20-14-16(17-6-5-11-26-17)24-9-3-4-10-24/h5-8,11-13,16H,3-4,9-10,14H2,1-2H3,(H,20,25). The molecule has 1 atom stereocenters. The highest BCUT2D eigenvalue weighted by Crippen LogP contribution is 2.24. The van der Waals surface area contributed by atoms with E-state index < -0.39 is 0 Å². The van der Waals surface area contributed by atoms with Crippen molar-refractivity contribution in [3.8, 4) is 0 Å². The summed E-state index contributed by atoms with van der Waals surface area (Å²) >= 11 is 0. The highest BCUT2D eigenvalue weighted by atomic mass is 16.3. The molecule has 1 unspecified atom stereocenters. The summed E-state index contributed by atoms with van der Waals surface area (Å²) in [7, 11) is 3.77. The van der Waals surface area contributed by atoms with Crippen LogP contribution in [0.5, 0.6) is 0 Å². The van der Waals surface area contributed by atoms with E-state index in [0.29, 0.717) is 12.5 Å². The number of rotatable bonds is 7. The van der Waals surface area contributed by atoms with Gasteiger partial charge in [0.05, 0.1) is 12.3 Å². The zero-order valence-corrected chi connectivity index (χ0v) is 15.3. The van der Waals surface area contributed by atoms with Crippen LogP contribution in [0.2, 0.25) is 0 Å². The first-order valence-electron chi connectivity index (χ1n) is 8.86. The smallest absolute Gasteiger partial charge is 0.244 e. The van der Waals surface area contributed by atoms with Gasteiger partial charge in [0.2, 0.25) is 11.9 Å². The molecule has 1 aliphatic rings. The molecule has 0 radical (unpaired) electrons. The van der Waals surface area contributed by atoms with Crippen LogP contribution in [0.4, 0.5) is 5.95 Å². The third-order valence-corrected chi connectivity index (χ3v) is 4.41. The Morgan fingerprint density at radius 2 is 2.08 bits per heavy atom. The fourth-order valence-corrected chi connectivity index (χ4v) is 3.02. The summed E-state index contributed by atoms with van der Waals surface area (Å²) < 4.78 is 5.57. The van der Waals surface area contributed by atoms with E-state index in [9.17, 15) is 4.79 Å². The summed E-state index contributed by atoms with van der Waals surface area (Å²) in [6, 6.07) is 3.93. The molecular weight excluding hydrogens is 330 g/mol. The van der Waals surface area contributed by atoms with E-state index in [-0.39, 0.29) is 11.9 Å². The van der Waals surface area contributed by atoms with Crippen molar-refractivity contribution in [3.63, 3.8) is 0 Å². The quantitative estimate of drug-likeness (QED) is 0.767. The molecule has 3 rings (SSSR count). The van der Waals surface area contributed by atoms with Crippen molar-refractivity contribution in [1.29, 1.82) is 0 Å². The topological polar surface area (TPSA) is 74.5 Å². The minimum absolute atomic E-state index is 0.0764. The van der Waals surface area contributed by atoms with E-state index in [1.807, 2.05) is 31.1 Å². The lowest BCUT2D eigenvalue weighted by atomic mass is 10.2. The number of nitrogens with one attached hydrogen (secondary N) is 1. The van der Waals surface area contributed by atoms with Crippen LogP contribution in [0.25, 0.3) is 6.08 Å². The summed E-state index contributed by atoms with van der Waals surface area (Å²) in [5.74, 6) is 1.39. The van der Waals surface area contributed by atoms with Crippen LogP contribution in [-0.4, -0.2) is 54.5 Å². The molecule has 1 amide bonds. The Bertz CT molecular complexity index is 719. The Morgan fingerprint density at radius 1 is 1.35 bits per heavy atom. The molecule has 0 aromatic carbocycles. The predicted octanol–water partition coefficient (Wildman–Crippen LogP) is 2.10. The maximum Gasteiger partial charge on any atom is 0.244 e. The average Bonchev–Trinajstić information content (AvgIpc) is 3.35. The van der Waals surface area contributed by atoms with Gasteiger partial charge in [0.25, 0.3) is 0 Å². The third kappa shape index (κ3) is 4.70. The van der Waals surface area contributed by atoms with Gasteiger partial charge in [0.15, 0.2) is 0 Å². The number of hydrogen-bond acceptors (Lipinski definition) is 6. The predicted molar refractivity (Wildman–Crippen MR) is 101 cm³/mol. The SMILES string of the molecule is CN(C)c1ncc(C=CC(=O)NCC(c2ccco2)N2CCCC2)cn1. The summed E-state index contributed by atoms with van der Waals surface area (Å²) in [5, 5.41) is 2.97. The number of aromatic nitrogens is 2. The maximum absolute atomic E-state index is 12.2. The summed E-state index contributed by atoms with van der Waals surface area (Å²) in [5.41, 5.74) is 0.785. The Balaban J connectivity index is 1.56. The van der Waals surface area contributed by atoms with Gasteiger partial charge in [-0.1, -0.05) is 0 Å². The van der Waals surface area contributed by atoms with Crippen molar-refractivity contribution >= 4 is 17.9 Å². The first-order chi connectivity index (χ1) is 12.6. The number of nitrogens with zero attached hydrogens (tertiary/aromatic N) is 4. The molecule has 3 heterocycles. The molecular formula is C19H25N5O2.